The number of aliphatic hydroxyl groups is 1. The van der Waals surface area contributed by atoms with E-state index in [1.54, 1.807) is 0 Å². The molecular formula is C24H33ClO. The van der Waals surface area contributed by atoms with Crippen molar-refractivity contribution < 1.29 is 5.11 Å². The van der Waals surface area contributed by atoms with E-state index < -0.39 is 0 Å². The maximum Gasteiger partial charge on any atom is 0.0435 e. The largest absolute Gasteiger partial charge is 0.396 e. The van der Waals surface area contributed by atoms with Crippen LogP contribution in [0.5, 0.6) is 0 Å². The van der Waals surface area contributed by atoms with Gasteiger partial charge in [-0.1, -0.05) is 79.9 Å². The molecule has 2 aromatic carbocycles. The van der Waals surface area contributed by atoms with Gasteiger partial charge in [0.2, 0.25) is 0 Å². The number of rotatable bonds is 6. The molecule has 1 unspecified atom stereocenters. The lowest BCUT2D eigenvalue weighted by Gasteiger charge is -2.14. The third kappa shape index (κ3) is 7.76. The van der Waals surface area contributed by atoms with Crippen molar-refractivity contribution in [1.29, 1.82) is 0 Å². The van der Waals surface area contributed by atoms with Crippen LogP contribution in [0.3, 0.4) is 0 Å². The van der Waals surface area contributed by atoms with Gasteiger partial charge in [-0.05, 0) is 67.9 Å². The average Bonchev–Trinajstić information content (AvgIpc) is 2.61. The van der Waals surface area contributed by atoms with Gasteiger partial charge >= 0.3 is 0 Å². The fraction of sp³-hybridized carbons (Fsp3) is 0.417. The zero-order chi connectivity index (χ0) is 19.5. The molecule has 0 spiro atoms. The summed E-state index contributed by atoms with van der Waals surface area (Å²) in [6, 6.07) is 14.8. The molecule has 2 aromatic rings. The van der Waals surface area contributed by atoms with E-state index in [1.165, 1.54) is 22.3 Å². The topological polar surface area (TPSA) is 20.2 Å². The molecule has 2 heteroatoms. The predicted octanol–water partition coefficient (Wildman–Crippen LogP) is 7.02. The van der Waals surface area contributed by atoms with Crippen LogP contribution in [0.1, 0.15) is 55.9 Å². The van der Waals surface area contributed by atoms with Crippen LogP contribution in [0.4, 0.5) is 0 Å². The van der Waals surface area contributed by atoms with Gasteiger partial charge in [-0.25, -0.2) is 0 Å². The Bertz CT molecular complexity index is 701. The van der Waals surface area contributed by atoms with Crippen LogP contribution in [-0.4, -0.2) is 11.7 Å². The van der Waals surface area contributed by atoms with Crippen LogP contribution in [0.15, 0.2) is 48.0 Å². The zero-order valence-corrected chi connectivity index (χ0v) is 17.6. The molecule has 2 rings (SSSR count). The molecule has 0 aliphatic carbocycles. The minimum atomic E-state index is 0.344. The van der Waals surface area contributed by atoms with E-state index in [-0.39, 0.29) is 0 Å². The Hall–Kier alpha value is -1.57. The minimum Gasteiger partial charge on any atom is -0.396 e. The smallest absolute Gasteiger partial charge is 0.0435 e. The molecule has 0 aromatic heterocycles. The van der Waals surface area contributed by atoms with Crippen molar-refractivity contribution >= 4 is 17.7 Å². The fourth-order valence-electron chi connectivity index (χ4n) is 2.64. The molecule has 0 amide bonds. The Morgan fingerprint density at radius 2 is 1.81 bits per heavy atom. The van der Waals surface area contributed by atoms with Crippen LogP contribution in [0.2, 0.25) is 5.02 Å². The molecule has 0 radical (unpaired) electrons. The second kappa shape index (κ2) is 11.9. The molecule has 0 saturated heterocycles. The molecule has 0 fully saturated rings. The first kappa shape index (κ1) is 22.5. The van der Waals surface area contributed by atoms with Crippen LogP contribution >= 0.6 is 11.6 Å². The highest BCUT2D eigenvalue weighted by Crippen LogP contribution is 2.23. The van der Waals surface area contributed by atoms with Crippen LogP contribution in [0.25, 0.3) is 6.08 Å². The predicted molar refractivity (Wildman–Crippen MR) is 116 cm³/mol. The Morgan fingerprint density at radius 1 is 1.12 bits per heavy atom. The molecule has 0 heterocycles. The van der Waals surface area contributed by atoms with Gasteiger partial charge in [0, 0.05) is 11.6 Å². The molecule has 0 aliphatic heterocycles. The van der Waals surface area contributed by atoms with E-state index >= 15 is 0 Å². The fourth-order valence-corrected chi connectivity index (χ4v) is 2.76. The summed E-state index contributed by atoms with van der Waals surface area (Å²) in [4.78, 5) is 0. The first-order valence-electron chi connectivity index (χ1n) is 9.48. The van der Waals surface area contributed by atoms with Gasteiger partial charge in [0.1, 0.15) is 0 Å². The molecule has 26 heavy (non-hydrogen) atoms. The summed E-state index contributed by atoms with van der Waals surface area (Å²) in [5.41, 5.74) is 6.56. The summed E-state index contributed by atoms with van der Waals surface area (Å²) in [5.74, 6) is 0.519. The van der Waals surface area contributed by atoms with Crippen LogP contribution in [-0.2, 0) is 6.42 Å². The average molecular weight is 373 g/mol. The number of allylic oxidation sites excluding steroid dienone is 1. The van der Waals surface area contributed by atoms with Crippen molar-refractivity contribution in [1.82, 2.24) is 0 Å². The number of hydrogen-bond acceptors (Lipinski definition) is 1. The molecule has 0 aliphatic rings. The quantitative estimate of drug-likeness (QED) is 0.577. The summed E-state index contributed by atoms with van der Waals surface area (Å²) in [5, 5.41) is 8.91. The Labute approximate surface area is 164 Å². The van der Waals surface area contributed by atoms with Gasteiger partial charge in [0.05, 0.1) is 0 Å². The Balaban J connectivity index is 0.000000597. The van der Waals surface area contributed by atoms with Crippen molar-refractivity contribution in [2.75, 3.05) is 6.61 Å². The lowest BCUT2D eigenvalue weighted by atomic mass is 9.92. The lowest BCUT2D eigenvalue weighted by Crippen LogP contribution is -2.02. The Kier molecular flexibility index (Phi) is 10.3. The standard InChI is InChI=1S/C20H23Cl.C4H10O/c1-14-7-5-6-8-19(14)13-16(3)15(2)11-18-9-10-20(21)17(4)12-18;1-2-3-4-5/h5-10,12-13,15H,11H2,1-4H3;5H,2-4H2,1H3/b16-13+;. The molecule has 142 valence electrons. The maximum absolute atomic E-state index is 8.07. The van der Waals surface area contributed by atoms with Crippen molar-refractivity contribution in [3.05, 3.63) is 75.3 Å². The number of aliphatic hydroxyl groups excluding tert-OH is 1. The van der Waals surface area contributed by atoms with E-state index in [1.807, 2.05) is 6.07 Å². The number of aryl methyl sites for hydroxylation is 2. The zero-order valence-electron chi connectivity index (χ0n) is 16.8. The van der Waals surface area contributed by atoms with Gasteiger partial charge in [0.25, 0.3) is 0 Å². The highest BCUT2D eigenvalue weighted by molar-refractivity contribution is 6.31. The summed E-state index contributed by atoms with van der Waals surface area (Å²) < 4.78 is 0. The highest BCUT2D eigenvalue weighted by atomic mass is 35.5. The molecule has 0 bridgehead atoms. The van der Waals surface area contributed by atoms with Crippen LogP contribution in [0, 0.1) is 19.8 Å². The van der Waals surface area contributed by atoms with Crippen molar-refractivity contribution in [2.45, 2.75) is 53.9 Å². The van der Waals surface area contributed by atoms with Crippen molar-refractivity contribution in [2.24, 2.45) is 5.92 Å². The number of benzene rings is 2. The molecule has 1 N–H and O–H groups in total. The van der Waals surface area contributed by atoms with E-state index in [9.17, 15) is 0 Å². The van der Waals surface area contributed by atoms with Gasteiger partial charge in [-0.15, -0.1) is 0 Å². The first-order chi connectivity index (χ1) is 12.4. The number of halogens is 1. The van der Waals surface area contributed by atoms with Gasteiger partial charge in [0.15, 0.2) is 0 Å². The van der Waals surface area contributed by atoms with Crippen molar-refractivity contribution in [3.8, 4) is 0 Å². The monoisotopic (exact) mass is 372 g/mol. The summed E-state index contributed by atoms with van der Waals surface area (Å²) in [6.45, 7) is 11.1. The lowest BCUT2D eigenvalue weighted by molar-refractivity contribution is 0.287. The Morgan fingerprint density at radius 3 is 2.35 bits per heavy atom. The second-order valence-corrected chi connectivity index (χ2v) is 7.42. The number of unbranched alkanes of at least 4 members (excludes halogenated alkanes) is 1. The third-order valence-electron chi connectivity index (χ3n) is 4.62. The highest BCUT2D eigenvalue weighted by Gasteiger charge is 2.07. The van der Waals surface area contributed by atoms with E-state index in [4.69, 9.17) is 16.7 Å². The van der Waals surface area contributed by atoms with Gasteiger partial charge in [-0.3, -0.25) is 0 Å². The summed E-state index contributed by atoms with van der Waals surface area (Å²) in [7, 11) is 0. The van der Waals surface area contributed by atoms with Crippen molar-refractivity contribution in [3.63, 3.8) is 0 Å². The van der Waals surface area contributed by atoms with Crippen LogP contribution < -0.4 is 0 Å². The normalized spacial score (nSPS) is 12.3. The van der Waals surface area contributed by atoms with E-state index in [0.717, 1.165) is 29.8 Å². The van der Waals surface area contributed by atoms with E-state index in [2.05, 4.69) is 77.1 Å². The maximum atomic E-state index is 8.07. The first-order valence-corrected chi connectivity index (χ1v) is 9.86. The van der Waals surface area contributed by atoms with E-state index in [0.29, 0.717) is 12.5 Å². The molecule has 1 nitrogen and oxygen atoms in total. The second-order valence-electron chi connectivity index (χ2n) is 7.01. The third-order valence-corrected chi connectivity index (χ3v) is 5.05. The summed E-state index contributed by atoms with van der Waals surface area (Å²) >= 11 is 6.09. The number of hydrogen-bond donors (Lipinski definition) is 1. The molecule has 1 atom stereocenters. The minimum absolute atomic E-state index is 0.344. The molecule has 0 saturated carbocycles. The summed E-state index contributed by atoms with van der Waals surface area (Å²) in [6.07, 6.45) is 5.39. The molecular weight excluding hydrogens is 340 g/mol. The SMILES string of the molecule is C/C(=C\c1ccccc1C)C(C)Cc1ccc(Cl)c(C)c1.CCCCO. The van der Waals surface area contributed by atoms with Gasteiger partial charge < -0.3 is 5.11 Å². The van der Waals surface area contributed by atoms with Gasteiger partial charge in [-0.2, -0.15) is 0 Å².